The number of aryl methyl sites for hydroxylation is 1. The molecule has 6 nitrogen and oxygen atoms in total. The van der Waals surface area contributed by atoms with Crippen LogP contribution in [0.4, 0.5) is 0 Å². The van der Waals surface area contributed by atoms with E-state index in [1.54, 1.807) is 13.2 Å². The lowest BCUT2D eigenvalue weighted by atomic mass is 9.99. The molecule has 0 unspecified atom stereocenters. The van der Waals surface area contributed by atoms with Crippen molar-refractivity contribution in [2.75, 3.05) is 27.5 Å². The summed E-state index contributed by atoms with van der Waals surface area (Å²) in [5, 5.41) is 0.898. The van der Waals surface area contributed by atoms with Crippen molar-refractivity contribution in [2.45, 2.75) is 13.3 Å². The normalized spacial score (nSPS) is 15.1. The first kappa shape index (κ1) is 19.1. The Morgan fingerprint density at radius 3 is 2.77 bits per heavy atom. The monoisotopic (exact) mass is 469 g/mol. The lowest BCUT2D eigenvalue weighted by Gasteiger charge is -2.22. The molecular formula is C23H20BrNO5. The average molecular weight is 470 g/mol. The highest BCUT2D eigenvalue weighted by Gasteiger charge is 2.31. The second-order valence-corrected chi connectivity index (χ2v) is 8.28. The van der Waals surface area contributed by atoms with E-state index in [4.69, 9.17) is 18.6 Å². The molecule has 0 amide bonds. The summed E-state index contributed by atoms with van der Waals surface area (Å²) in [5.41, 5.74) is 5.04. The van der Waals surface area contributed by atoms with Crippen molar-refractivity contribution in [3.05, 3.63) is 61.4 Å². The maximum atomic E-state index is 12.3. The van der Waals surface area contributed by atoms with Gasteiger partial charge in [0.25, 0.3) is 0 Å². The van der Waals surface area contributed by atoms with Crippen LogP contribution in [0.3, 0.4) is 0 Å². The number of ether oxygens (including phenoxy) is 3. The number of nitrogens with zero attached hydrogens (tertiary/aromatic N) is 1. The molecule has 0 radical (unpaired) electrons. The third-order valence-electron chi connectivity index (χ3n) is 5.62. The minimum absolute atomic E-state index is 0.160. The lowest BCUT2D eigenvalue weighted by molar-refractivity contribution is 0.170. The summed E-state index contributed by atoms with van der Waals surface area (Å²) < 4.78 is 23.4. The van der Waals surface area contributed by atoms with Crippen LogP contribution < -0.4 is 19.8 Å². The predicted octanol–water partition coefficient (Wildman–Crippen LogP) is 4.59. The molecule has 1 aromatic heterocycles. The van der Waals surface area contributed by atoms with Gasteiger partial charge in [-0.3, -0.25) is 0 Å². The summed E-state index contributed by atoms with van der Waals surface area (Å²) in [5.74, 6) is 1.90. The zero-order valence-electron chi connectivity index (χ0n) is 16.9. The van der Waals surface area contributed by atoms with Crippen molar-refractivity contribution in [3.63, 3.8) is 0 Å². The number of halogens is 1. The van der Waals surface area contributed by atoms with Crippen LogP contribution in [-0.4, -0.2) is 32.4 Å². The van der Waals surface area contributed by atoms with Crippen LogP contribution >= 0.6 is 15.9 Å². The number of hydrogen-bond donors (Lipinski definition) is 0. The summed E-state index contributed by atoms with van der Waals surface area (Å²) in [6.07, 6.45) is 2.84. The van der Waals surface area contributed by atoms with E-state index in [0.717, 1.165) is 50.8 Å². The maximum absolute atomic E-state index is 12.3. The molecule has 0 fully saturated rings. The van der Waals surface area contributed by atoms with Gasteiger partial charge in [-0.15, -0.1) is 0 Å². The third-order valence-corrected chi connectivity index (χ3v) is 6.46. The van der Waals surface area contributed by atoms with Gasteiger partial charge < -0.3 is 23.5 Å². The Labute approximate surface area is 181 Å². The van der Waals surface area contributed by atoms with E-state index >= 15 is 0 Å². The fraction of sp³-hybridized carbons (Fsp3) is 0.261. The highest BCUT2D eigenvalue weighted by Crippen LogP contribution is 2.52. The number of benzene rings is 2. The van der Waals surface area contributed by atoms with Crippen molar-refractivity contribution >= 4 is 38.7 Å². The molecule has 2 aliphatic rings. The second-order valence-electron chi connectivity index (χ2n) is 7.48. The Bertz CT molecular complexity index is 1280. The Morgan fingerprint density at radius 1 is 1.17 bits per heavy atom. The molecule has 0 N–H and O–H groups in total. The zero-order valence-corrected chi connectivity index (χ0v) is 18.5. The molecule has 0 atom stereocenters. The molecular weight excluding hydrogens is 450 g/mol. The Morgan fingerprint density at radius 2 is 1.97 bits per heavy atom. The van der Waals surface area contributed by atoms with Crippen LogP contribution in [0.2, 0.25) is 0 Å². The number of hydrogen-bond acceptors (Lipinski definition) is 6. The van der Waals surface area contributed by atoms with Crippen LogP contribution in [0, 0.1) is 6.92 Å². The van der Waals surface area contributed by atoms with Gasteiger partial charge in [0, 0.05) is 41.9 Å². The van der Waals surface area contributed by atoms with Crippen molar-refractivity contribution in [3.8, 4) is 17.2 Å². The van der Waals surface area contributed by atoms with Crippen molar-refractivity contribution < 1.29 is 18.6 Å². The van der Waals surface area contributed by atoms with Gasteiger partial charge in [-0.1, -0.05) is 11.6 Å². The summed E-state index contributed by atoms with van der Waals surface area (Å²) >= 11 is 3.70. The van der Waals surface area contributed by atoms with Gasteiger partial charge in [-0.25, -0.2) is 4.79 Å². The molecule has 30 heavy (non-hydrogen) atoms. The zero-order chi connectivity index (χ0) is 21.0. The van der Waals surface area contributed by atoms with E-state index in [1.807, 2.05) is 32.2 Å². The fourth-order valence-electron chi connectivity index (χ4n) is 4.14. The summed E-state index contributed by atoms with van der Waals surface area (Å²) in [7, 11) is 3.65. The second kappa shape index (κ2) is 7.09. The topological polar surface area (TPSA) is 61.1 Å². The first-order chi connectivity index (χ1) is 14.5. The van der Waals surface area contributed by atoms with Gasteiger partial charge in [0.2, 0.25) is 12.5 Å². The van der Waals surface area contributed by atoms with E-state index in [-0.39, 0.29) is 12.4 Å². The van der Waals surface area contributed by atoms with Gasteiger partial charge >= 0.3 is 5.63 Å². The molecule has 2 aromatic carbocycles. The van der Waals surface area contributed by atoms with E-state index in [9.17, 15) is 4.79 Å². The predicted molar refractivity (Wildman–Crippen MR) is 118 cm³/mol. The van der Waals surface area contributed by atoms with E-state index in [1.165, 1.54) is 0 Å². The van der Waals surface area contributed by atoms with Crippen LogP contribution in [0.15, 0.2) is 37.9 Å². The first-order valence-electron chi connectivity index (χ1n) is 9.63. The van der Waals surface area contributed by atoms with Crippen LogP contribution in [0.5, 0.6) is 17.2 Å². The molecule has 2 aliphatic heterocycles. The molecule has 0 aliphatic carbocycles. The van der Waals surface area contributed by atoms with Gasteiger partial charge in [-0.2, -0.15) is 0 Å². The van der Waals surface area contributed by atoms with Crippen LogP contribution in [-0.2, 0) is 6.42 Å². The minimum atomic E-state index is -0.376. The number of rotatable bonds is 2. The number of likely N-dealkylation sites (N-methyl/N-ethyl adjacent to an activating group) is 1. The standard InChI is InChI=1S/C23H20BrNO5/c1-12-4-5-18-15(8-12)14(10-19(26)30-18)17-9-16-13(6-7-25(17)2)20(24)22-23(21(16)27-3)29-11-28-22/h4-5,8-10H,6-7,11H2,1-3H3. The van der Waals surface area contributed by atoms with Gasteiger partial charge in [0.15, 0.2) is 11.5 Å². The highest BCUT2D eigenvalue weighted by atomic mass is 79.9. The molecule has 3 aromatic rings. The Balaban J connectivity index is 1.82. The number of methoxy groups -OCH3 is 1. The van der Waals surface area contributed by atoms with E-state index < -0.39 is 0 Å². The van der Waals surface area contributed by atoms with E-state index in [2.05, 4.69) is 26.9 Å². The maximum Gasteiger partial charge on any atom is 0.336 e. The average Bonchev–Trinajstić information content (AvgIpc) is 3.14. The molecule has 154 valence electrons. The number of fused-ring (bicyclic) bond motifs is 3. The lowest BCUT2D eigenvalue weighted by Crippen LogP contribution is -2.19. The SMILES string of the molecule is COc1c2c(c(Br)c3c1OCO3)CCN(C)C(c1cc(=O)oc3ccc(C)cc13)=C2. The molecule has 7 heteroatoms. The summed E-state index contributed by atoms with van der Waals surface area (Å²) in [6.45, 7) is 2.94. The van der Waals surface area contributed by atoms with E-state index in [0.29, 0.717) is 22.8 Å². The Kier molecular flexibility index (Phi) is 4.50. The van der Waals surface area contributed by atoms with Crippen molar-refractivity contribution in [1.29, 1.82) is 0 Å². The molecule has 5 rings (SSSR count). The smallest absolute Gasteiger partial charge is 0.336 e. The minimum Gasteiger partial charge on any atom is -0.492 e. The summed E-state index contributed by atoms with van der Waals surface area (Å²) in [4.78, 5) is 14.5. The highest BCUT2D eigenvalue weighted by molar-refractivity contribution is 9.10. The molecule has 0 spiro atoms. The fourth-order valence-corrected chi connectivity index (χ4v) is 4.85. The summed E-state index contributed by atoms with van der Waals surface area (Å²) in [6, 6.07) is 7.39. The van der Waals surface area contributed by atoms with Crippen LogP contribution in [0.1, 0.15) is 22.3 Å². The van der Waals surface area contributed by atoms with Crippen LogP contribution in [0.25, 0.3) is 22.7 Å². The molecule has 3 heterocycles. The molecule has 0 saturated heterocycles. The molecule has 0 saturated carbocycles. The molecule has 0 bridgehead atoms. The quantitative estimate of drug-likeness (QED) is 0.511. The largest absolute Gasteiger partial charge is 0.492 e. The van der Waals surface area contributed by atoms with Crippen molar-refractivity contribution in [1.82, 2.24) is 4.90 Å². The Hall–Kier alpha value is -2.93. The van der Waals surface area contributed by atoms with Gasteiger partial charge in [-0.05, 0) is 53.0 Å². The third kappa shape index (κ3) is 2.88. The van der Waals surface area contributed by atoms with Gasteiger partial charge in [0.1, 0.15) is 5.58 Å². The van der Waals surface area contributed by atoms with Gasteiger partial charge in [0.05, 0.1) is 11.6 Å². The first-order valence-corrected chi connectivity index (χ1v) is 10.4. The van der Waals surface area contributed by atoms with Crippen molar-refractivity contribution in [2.24, 2.45) is 0 Å².